The molecular formula is C9H14N2OS2. The molecule has 0 amide bonds. The van der Waals surface area contributed by atoms with Crippen molar-refractivity contribution >= 4 is 23.1 Å². The zero-order valence-corrected chi connectivity index (χ0v) is 9.77. The SMILES string of the molecule is Cc1nnc(S[C@H]2CCCC[C@@H]2O)s1. The Morgan fingerprint density at radius 1 is 1.36 bits per heavy atom. The molecule has 0 radical (unpaired) electrons. The molecule has 5 heteroatoms. The van der Waals surface area contributed by atoms with Gasteiger partial charge >= 0.3 is 0 Å². The zero-order chi connectivity index (χ0) is 9.97. The van der Waals surface area contributed by atoms with E-state index in [1.807, 2.05) is 6.92 Å². The molecule has 0 unspecified atom stereocenters. The number of aliphatic hydroxyl groups is 1. The molecule has 0 aliphatic heterocycles. The molecule has 1 heterocycles. The molecule has 1 aromatic rings. The molecule has 3 nitrogen and oxygen atoms in total. The molecule has 1 fully saturated rings. The van der Waals surface area contributed by atoms with Gasteiger partial charge in [0.25, 0.3) is 0 Å². The lowest BCUT2D eigenvalue weighted by molar-refractivity contribution is 0.137. The average Bonchev–Trinajstić information content (AvgIpc) is 2.56. The van der Waals surface area contributed by atoms with Gasteiger partial charge in [-0.3, -0.25) is 0 Å². The highest BCUT2D eigenvalue weighted by atomic mass is 32.2. The van der Waals surface area contributed by atoms with Crippen molar-refractivity contribution in [1.29, 1.82) is 0 Å². The largest absolute Gasteiger partial charge is 0.392 e. The fraction of sp³-hybridized carbons (Fsp3) is 0.778. The fourth-order valence-electron chi connectivity index (χ4n) is 1.67. The van der Waals surface area contributed by atoms with Gasteiger partial charge in [0.05, 0.1) is 6.10 Å². The Balaban J connectivity index is 1.95. The van der Waals surface area contributed by atoms with Crippen LogP contribution in [0, 0.1) is 6.92 Å². The van der Waals surface area contributed by atoms with Gasteiger partial charge in [-0.15, -0.1) is 10.2 Å². The highest BCUT2D eigenvalue weighted by Crippen LogP contribution is 2.34. The van der Waals surface area contributed by atoms with E-state index in [0.717, 1.165) is 28.6 Å². The molecule has 1 saturated carbocycles. The minimum atomic E-state index is -0.155. The van der Waals surface area contributed by atoms with Crippen LogP contribution < -0.4 is 0 Å². The van der Waals surface area contributed by atoms with E-state index in [9.17, 15) is 5.11 Å². The van der Waals surface area contributed by atoms with Crippen LogP contribution in [0.1, 0.15) is 30.7 Å². The number of nitrogens with zero attached hydrogens (tertiary/aromatic N) is 2. The quantitative estimate of drug-likeness (QED) is 0.846. The van der Waals surface area contributed by atoms with E-state index in [0.29, 0.717) is 5.25 Å². The summed E-state index contributed by atoms with van der Waals surface area (Å²) < 4.78 is 0.994. The second kappa shape index (κ2) is 4.59. The zero-order valence-electron chi connectivity index (χ0n) is 8.14. The topological polar surface area (TPSA) is 46.0 Å². The second-order valence-corrected chi connectivity index (χ2v) is 6.26. The van der Waals surface area contributed by atoms with E-state index in [2.05, 4.69) is 10.2 Å². The smallest absolute Gasteiger partial charge is 0.174 e. The molecule has 0 bridgehead atoms. The predicted molar refractivity (Wildman–Crippen MR) is 58.8 cm³/mol. The first kappa shape index (κ1) is 10.4. The molecule has 2 rings (SSSR count). The van der Waals surface area contributed by atoms with Crippen LogP contribution in [0.25, 0.3) is 0 Å². The molecule has 1 aromatic heterocycles. The summed E-state index contributed by atoms with van der Waals surface area (Å²) in [5.41, 5.74) is 0. The Kier molecular flexibility index (Phi) is 3.41. The number of aromatic nitrogens is 2. The Labute approximate surface area is 91.9 Å². The van der Waals surface area contributed by atoms with Crippen LogP contribution in [0.2, 0.25) is 0 Å². The lowest BCUT2D eigenvalue weighted by Gasteiger charge is -2.25. The molecule has 1 aliphatic carbocycles. The van der Waals surface area contributed by atoms with Gasteiger partial charge < -0.3 is 5.11 Å². The van der Waals surface area contributed by atoms with Crippen LogP contribution in [0.5, 0.6) is 0 Å². The van der Waals surface area contributed by atoms with Crippen molar-refractivity contribution < 1.29 is 5.11 Å². The van der Waals surface area contributed by atoms with Crippen molar-refractivity contribution in [2.24, 2.45) is 0 Å². The monoisotopic (exact) mass is 230 g/mol. The number of hydrogen-bond donors (Lipinski definition) is 1. The number of aliphatic hydroxyl groups excluding tert-OH is 1. The van der Waals surface area contributed by atoms with Gasteiger partial charge in [0, 0.05) is 5.25 Å². The van der Waals surface area contributed by atoms with E-state index < -0.39 is 0 Å². The Morgan fingerprint density at radius 2 is 2.14 bits per heavy atom. The van der Waals surface area contributed by atoms with E-state index in [-0.39, 0.29) is 6.10 Å². The summed E-state index contributed by atoms with van der Waals surface area (Å²) in [4.78, 5) is 0. The summed E-state index contributed by atoms with van der Waals surface area (Å²) in [6.45, 7) is 1.96. The molecular weight excluding hydrogens is 216 g/mol. The summed E-state index contributed by atoms with van der Waals surface area (Å²) in [5.74, 6) is 0. The maximum absolute atomic E-state index is 9.77. The summed E-state index contributed by atoms with van der Waals surface area (Å²) in [6, 6.07) is 0. The molecule has 0 aromatic carbocycles. The molecule has 1 aliphatic rings. The minimum absolute atomic E-state index is 0.155. The summed E-state index contributed by atoms with van der Waals surface area (Å²) in [5, 5.41) is 19.1. The van der Waals surface area contributed by atoms with E-state index in [1.165, 1.54) is 6.42 Å². The number of aryl methyl sites for hydroxylation is 1. The van der Waals surface area contributed by atoms with E-state index in [1.54, 1.807) is 23.1 Å². The summed E-state index contributed by atoms with van der Waals surface area (Å²) in [6.07, 6.45) is 4.28. The lowest BCUT2D eigenvalue weighted by Crippen LogP contribution is -2.26. The first-order valence-electron chi connectivity index (χ1n) is 4.90. The average molecular weight is 230 g/mol. The lowest BCUT2D eigenvalue weighted by atomic mass is 9.97. The van der Waals surface area contributed by atoms with Gasteiger partial charge in [0.15, 0.2) is 4.34 Å². The van der Waals surface area contributed by atoms with Crippen molar-refractivity contribution in [3.63, 3.8) is 0 Å². The standard InChI is InChI=1S/C9H14N2OS2/c1-6-10-11-9(13-6)14-8-5-3-2-4-7(8)12/h7-8,12H,2-5H2,1H3/t7-,8-/m0/s1. The third-order valence-electron chi connectivity index (χ3n) is 2.43. The Morgan fingerprint density at radius 3 is 2.79 bits per heavy atom. The molecule has 0 saturated heterocycles. The van der Waals surface area contributed by atoms with Crippen LogP contribution in [-0.4, -0.2) is 26.7 Å². The van der Waals surface area contributed by atoms with Gasteiger partial charge in [0.1, 0.15) is 5.01 Å². The molecule has 1 N–H and O–H groups in total. The van der Waals surface area contributed by atoms with Crippen LogP contribution in [0.4, 0.5) is 0 Å². The molecule has 14 heavy (non-hydrogen) atoms. The van der Waals surface area contributed by atoms with Gasteiger partial charge in [-0.25, -0.2) is 0 Å². The van der Waals surface area contributed by atoms with E-state index >= 15 is 0 Å². The number of rotatable bonds is 2. The third kappa shape index (κ3) is 2.46. The second-order valence-electron chi connectivity index (χ2n) is 3.60. The Bertz CT molecular complexity index is 303. The highest BCUT2D eigenvalue weighted by Gasteiger charge is 2.24. The summed E-state index contributed by atoms with van der Waals surface area (Å²) in [7, 11) is 0. The Hall–Kier alpha value is -0.130. The van der Waals surface area contributed by atoms with Crippen molar-refractivity contribution in [3.8, 4) is 0 Å². The van der Waals surface area contributed by atoms with Crippen LogP contribution in [-0.2, 0) is 0 Å². The van der Waals surface area contributed by atoms with Crippen LogP contribution in [0.3, 0.4) is 0 Å². The highest BCUT2D eigenvalue weighted by molar-refractivity contribution is 8.01. The van der Waals surface area contributed by atoms with Crippen LogP contribution in [0.15, 0.2) is 4.34 Å². The first-order chi connectivity index (χ1) is 6.75. The maximum Gasteiger partial charge on any atom is 0.174 e. The van der Waals surface area contributed by atoms with Gasteiger partial charge in [0.2, 0.25) is 0 Å². The summed E-state index contributed by atoms with van der Waals surface area (Å²) >= 11 is 3.30. The van der Waals surface area contributed by atoms with Crippen molar-refractivity contribution in [1.82, 2.24) is 10.2 Å². The number of thioether (sulfide) groups is 1. The third-order valence-corrected chi connectivity index (χ3v) is 4.74. The van der Waals surface area contributed by atoms with E-state index in [4.69, 9.17) is 0 Å². The fourth-order valence-corrected chi connectivity index (χ4v) is 3.94. The van der Waals surface area contributed by atoms with Gasteiger partial charge in [-0.1, -0.05) is 35.9 Å². The normalized spacial score (nSPS) is 27.9. The maximum atomic E-state index is 9.77. The van der Waals surface area contributed by atoms with Gasteiger partial charge in [-0.05, 0) is 19.8 Å². The van der Waals surface area contributed by atoms with Crippen molar-refractivity contribution in [2.45, 2.75) is 48.3 Å². The van der Waals surface area contributed by atoms with Gasteiger partial charge in [-0.2, -0.15) is 0 Å². The van der Waals surface area contributed by atoms with Crippen molar-refractivity contribution in [3.05, 3.63) is 5.01 Å². The number of hydrogen-bond acceptors (Lipinski definition) is 5. The van der Waals surface area contributed by atoms with Crippen LogP contribution >= 0.6 is 23.1 Å². The minimum Gasteiger partial charge on any atom is -0.392 e. The predicted octanol–water partition coefficient (Wildman–Crippen LogP) is 2.24. The first-order valence-corrected chi connectivity index (χ1v) is 6.60. The molecule has 0 spiro atoms. The molecule has 78 valence electrons. The van der Waals surface area contributed by atoms with Crippen molar-refractivity contribution in [2.75, 3.05) is 0 Å². The molecule has 2 atom stereocenters.